The van der Waals surface area contributed by atoms with Gasteiger partial charge in [-0.25, -0.2) is 0 Å². The number of carbonyl (C=O) groups is 2. The van der Waals surface area contributed by atoms with Gasteiger partial charge in [0.05, 0.1) is 12.1 Å². The van der Waals surface area contributed by atoms with Crippen LogP contribution in [0.25, 0.3) is 0 Å². The molecule has 0 spiro atoms. The first-order valence-electron chi connectivity index (χ1n) is 6.15. The lowest BCUT2D eigenvalue weighted by Gasteiger charge is -2.29. The molecule has 0 rings (SSSR count). The Labute approximate surface area is 105 Å². The molecule has 17 heavy (non-hydrogen) atoms. The molecule has 0 heterocycles. The normalized spacial score (nSPS) is 15.2. The van der Waals surface area contributed by atoms with Crippen LogP contribution in [0.15, 0.2) is 0 Å². The Hall–Kier alpha value is -0.900. The number of nitrogens with one attached hydrogen (secondary N) is 1. The third-order valence-electron chi connectivity index (χ3n) is 2.86. The van der Waals surface area contributed by atoms with Gasteiger partial charge >= 0.3 is 0 Å². The topological polar surface area (TPSA) is 49.4 Å². The van der Waals surface area contributed by atoms with Crippen LogP contribution in [0.2, 0.25) is 0 Å². The number of hydrogen-bond donors (Lipinski definition) is 1. The average molecular weight is 242 g/mol. The molecule has 0 aliphatic carbocycles. The Bertz CT molecular complexity index is 265. The van der Waals surface area contributed by atoms with Gasteiger partial charge in [-0.05, 0) is 32.9 Å². The number of ketones is 1. The molecule has 100 valence electrons. The number of nitrogens with zero attached hydrogens (tertiary/aromatic N) is 1. The van der Waals surface area contributed by atoms with Gasteiger partial charge in [0, 0.05) is 0 Å². The highest BCUT2D eigenvalue weighted by atomic mass is 16.2. The van der Waals surface area contributed by atoms with Crippen LogP contribution >= 0.6 is 0 Å². The van der Waals surface area contributed by atoms with Crippen molar-refractivity contribution < 1.29 is 9.59 Å². The van der Waals surface area contributed by atoms with Crippen LogP contribution in [0.1, 0.15) is 34.6 Å². The van der Waals surface area contributed by atoms with E-state index in [1.807, 2.05) is 46.7 Å². The molecular formula is C13H26N2O2. The summed E-state index contributed by atoms with van der Waals surface area (Å²) in [6.45, 7) is 9.40. The monoisotopic (exact) mass is 242 g/mol. The van der Waals surface area contributed by atoms with Gasteiger partial charge in [0.1, 0.15) is 0 Å². The van der Waals surface area contributed by atoms with Crippen molar-refractivity contribution in [2.24, 2.45) is 11.8 Å². The van der Waals surface area contributed by atoms with Crippen LogP contribution in [0.3, 0.4) is 0 Å². The molecule has 0 fully saturated rings. The first-order chi connectivity index (χ1) is 7.68. The van der Waals surface area contributed by atoms with Gasteiger partial charge in [0.25, 0.3) is 0 Å². The van der Waals surface area contributed by atoms with E-state index in [4.69, 9.17) is 0 Å². The first-order valence-corrected chi connectivity index (χ1v) is 6.15. The summed E-state index contributed by atoms with van der Waals surface area (Å²) in [6.07, 6.45) is 0. The predicted octanol–water partition coefficient (Wildman–Crippen LogP) is 1.30. The Balaban J connectivity index is 4.75. The molecule has 1 amide bonds. The Kier molecular flexibility index (Phi) is 6.39. The summed E-state index contributed by atoms with van der Waals surface area (Å²) < 4.78 is 0. The number of rotatable bonds is 6. The van der Waals surface area contributed by atoms with Crippen LogP contribution in [0.5, 0.6) is 0 Å². The highest BCUT2D eigenvalue weighted by Crippen LogP contribution is 2.10. The third-order valence-corrected chi connectivity index (χ3v) is 2.86. The highest BCUT2D eigenvalue weighted by molar-refractivity contribution is 5.89. The largest absolute Gasteiger partial charge is 0.345 e. The minimum absolute atomic E-state index is 0.00890. The lowest BCUT2D eigenvalue weighted by Crippen LogP contribution is -2.52. The summed E-state index contributed by atoms with van der Waals surface area (Å²) in [4.78, 5) is 25.5. The predicted molar refractivity (Wildman–Crippen MR) is 69.8 cm³/mol. The second kappa shape index (κ2) is 6.74. The fourth-order valence-electron chi connectivity index (χ4n) is 2.11. The minimum Gasteiger partial charge on any atom is -0.345 e. The maximum Gasteiger partial charge on any atom is 0.238 e. The molecule has 0 aromatic heterocycles. The van der Waals surface area contributed by atoms with Crippen molar-refractivity contribution in [3.8, 4) is 0 Å². The zero-order valence-electron chi connectivity index (χ0n) is 12.1. The molecule has 1 N–H and O–H groups in total. The van der Waals surface area contributed by atoms with Crippen molar-refractivity contribution >= 4 is 11.7 Å². The molecule has 0 aliphatic rings. The third kappa shape index (κ3) is 4.86. The lowest BCUT2D eigenvalue weighted by atomic mass is 9.98. The van der Waals surface area contributed by atoms with Crippen LogP contribution < -0.4 is 5.32 Å². The smallest absolute Gasteiger partial charge is 0.238 e. The van der Waals surface area contributed by atoms with Gasteiger partial charge in [-0.1, -0.05) is 27.7 Å². The van der Waals surface area contributed by atoms with E-state index in [2.05, 4.69) is 5.32 Å². The van der Waals surface area contributed by atoms with E-state index >= 15 is 0 Å². The molecule has 0 aliphatic heterocycles. The van der Waals surface area contributed by atoms with Gasteiger partial charge in [-0.15, -0.1) is 0 Å². The lowest BCUT2D eigenvalue weighted by molar-refractivity contribution is -0.131. The Morgan fingerprint density at radius 2 is 1.47 bits per heavy atom. The summed E-state index contributed by atoms with van der Waals surface area (Å²) >= 11 is 0. The number of amides is 1. The zero-order chi connectivity index (χ0) is 13.7. The van der Waals surface area contributed by atoms with E-state index in [1.165, 1.54) is 6.92 Å². The molecule has 0 bridgehead atoms. The molecule has 2 atom stereocenters. The molecule has 4 nitrogen and oxygen atoms in total. The fraction of sp³-hybridized carbons (Fsp3) is 0.846. The molecule has 0 aromatic carbocycles. The summed E-state index contributed by atoms with van der Waals surface area (Å²) in [5.41, 5.74) is 0. The van der Waals surface area contributed by atoms with Crippen LogP contribution in [0, 0.1) is 11.8 Å². The van der Waals surface area contributed by atoms with Gasteiger partial charge in [0.15, 0.2) is 5.78 Å². The zero-order valence-corrected chi connectivity index (χ0v) is 12.1. The molecule has 4 heteroatoms. The Morgan fingerprint density at radius 3 is 1.71 bits per heavy atom. The van der Waals surface area contributed by atoms with Gasteiger partial charge in [-0.3, -0.25) is 14.5 Å². The van der Waals surface area contributed by atoms with E-state index in [0.717, 1.165) is 0 Å². The molecule has 0 aromatic rings. The van der Waals surface area contributed by atoms with Crippen molar-refractivity contribution in [1.82, 2.24) is 10.2 Å². The van der Waals surface area contributed by atoms with Gasteiger partial charge in [-0.2, -0.15) is 0 Å². The molecule has 0 saturated heterocycles. The van der Waals surface area contributed by atoms with Crippen molar-refractivity contribution in [1.29, 1.82) is 0 Å². The van der Waals surface area contributed by atoms with Crippen molar-refractivity contribution in [2.45, 2.75) is 46.7 Å². The number of likely N-dealkylation sites (N-methyl/N-ethyl adjacent to an activating group) is 1. The SMILES string of the molecule is CC(=O)[C@@H](NC(=O)[C@H](C(C)C)N(C)C)C(C)C. The van der Waals surface area contributed by atoms with E-state index in [-0.39, 0.29) is 35.6 Å². The van der Waals surface area contributed by atoms with Crippen molar-refractivity contribution in [3.63, 3.8) is 0 Å². The summed E-state index contributed by atoms with van der Waals surface area (Å²) in [5.74, 6) is 0.268. The molecule has 0 saturated carbocycles. The van der Waals surface area contributed by atoms with E-state index in [9.17, 15) is 9.59 Å². The number of Topliss-reactive ketones (excluding diaryl/α,β-unsaturated/α-hetero) is 1. The summed E-state index contributed by atoms with van der Waals surface area (Å²) in [6, 6.07) is -0.584. The van der Waals surface area contributed by atoms with E-state index < -0.39 is 0 Å². The molecule has 0 radical (unpaired) electrons. The second-order valence-electron chi connectivity index (χ2n) is 5.49. The van der Waals surface area contributed by atoms with Gasteiger partial charge < -0.3 is 5.32 Å². The maximum absolute atomic E-state index is 12.1. The highest BCUT2D eigenvalue weighted by Gasteiger charge is 2.28. The molecule has 0 unspecified atom stereocenters. The quantitative estimate of drug-likeness (QED) is 0.764. The van der Waals surface area contributed by atoms with Gasteiger partial charge in [0.2, 0.25) is 5.91 Å². The molecular weight excluding hydrogens is 216 g/mol. The fourth-order valence-corrected chi connectivity index (χ4v) is 2.11. The first kappa shape index (κ1) is 16.1. The number of hydrogen-bond acceptors (Lipinski definition) is 3. The van der Waals surface area contributed by atoms with Crippen LogP contribution in [-0.2, 0) is 9.59 Å². The van der Waals surface area contributed by atoms with Crippen molar-refractivity contribution in [2.75, 3.05) is 14.1 Å². The maximum atomic E-state index is 12.1. The second-order valence-corrected chi connectivity index (χ2v) is 5.49. The summed E-state index contributed by atoms with van der Waals surface area (Å²) in [7, 11) is 3.75. The van der Waals surface area contributed by atoms with E-state index in [0.29, 0.717) is 0 Å². The van der Waals surface area contributed by atoms with E-state index in [1.54, 1.807) is 0 Å². The minimum atomic E-state index is -0.385. The van der Waals surface area contributed by atoms with Crippen LogP contribution in [0.4, 0.5) is 0 Å². The Morgan fingerprint density at radius 1 is 1.00 bits per heavy atom. The van der Waals surface area contributed by atoms with Crippen LogP contribution in [-0.4, -0.2) is 42.8 Å². The standard InChI is InChI=1S/C13H26N2O2/c1-8(2)11(10(5)16)14-13(17)12(9(3)4)15(6)7/h8-9,11-12H,1-7H3,(H,14,17)/t11-,12-/m0/s1. The average Bonchev–Trinajstić information content (AvgIpc) is 2.11. The number of carbonyl (C=O) groups excluding carboxylic acids is 2. The summed E-state index contributed by atoms with van der Waals surface area (Å²) in [5, 5.41) is 2.85. The van der Waals surface area contributed by atoms with Crippen molar-refractivity contribution in [3.05, 3.63) is 0 Å².